The van der Waals surface area contributed by atoms with Crippen LogP contribution in [0.2, 0.25) is 0 Å². The highest BCUT2D eigenvalue weighted by molar-refractivity contribution is 5.91. The van der Waals surface area contributed by atoms with E-state index in [2.05, 4.69) is 25.3 Å². The molecule has 0 spiro atoms. The monoisotopic (exact) mass is 315 g/mol. The van der Waals surface area contributed by atoms with Gasteiger partial charge in [-0.15, -0.1) is 5.10 Å². The Hall–Kier alpha value is -3.43. The van der Waals surface area contributed by atoms with Crippen LogP contribution in [0.4, 0.5) is 5.82 Å². The molecule has 0 aliphatic carbocycles. The molecule has 0 fully saturated rings. The molecular formula is C13H11N6O4-. The lowest BCUT2D eigenvalue weighted by molar-refractivity contribution is -0.255. The molecule has 2 N–H and O–H groups in total. The van der Waals surface area contributed by atoms with Crippen molar-refractivity contribution in [3.8, 4) is 22.8 Å². The van der Waals surface area contributed by atoms with Crippen LogP contribution in [0.1, 0.15) is 17.4 Å². The fourth-order valence-electron chi connectivity index (χ4n) is 2.04. The minimum atomic E-state index is -1.48. The Kier molecular flexibility index (Phi) is 3.63. The molecule has 1 aromatic carbocycles. The fourth-order valence-corrected chi connectivity index (χ4v) is 2.04. The number of nitrogen functional groups attached to an aromatic ring is 1. The number of aromatic nitrogens is 5. The first-order chi connectivity index (χ1) is 11.1. The standard InChI is InChI=1S/C13H12N6O4/c1-2-22-8-5-3-7(4-6-8)10-9(13(20)21)15-18-19(10)12-11(14)16-23-17-12/h3-6H,2H2,1H3,(H2,14,16)(H,20,21)/p-1. The van der Waals surface area contributed by atoms with Crippen molar-refractivity contribution < 1.29 is 19.3 Å². The van der Waals surface area contributed by atoms with Crippen LogP contribution >= 0.6 is 0 Å². The SMILES string of the molecule is CCOc1ccc(-c2c(C(=O)[O-])nnn2-c2nonc2N)cc1. The summed E-state index contributed by atoms with van der Waals surface area (Å²) in [4.78, 5) is 11.3. The highest BCUT2D eigenvalue weighted by Crippen LogP contribution is 2.27. The number of carboxylic acids is 1. The molecule has 0 radical (unpaired) electrons. The van der Waals surface area contributed by atoms with Crippen molar-refractivity contribution >= 4 is 11.8 Å². The number of hydrogen-bond donors (Lipinski definition) is 1. The Bertz CT molecular complexity index is 839. The van der Waals surface area contributed by atoms with E-state index in [4.69, 9.17) is 10.5 Å². The van der Waals surface area contributed by atoms with Gasteiger partial charge in [-0.25, -0.2) is 4.63 Å². The van der Waals surface area contributed by atoms with Crippen molar-refractivity contribution in [1.29, 1.82) is 0 Å². The van der Waals surface area contributed by atoms with Crippen LogP contribution < -0.4 is 15.6 Å². The number of rotatable bonds is 5. The van der Waals surface area contributed by atoms with E-state index in [1.165, 1.54) is 0 Å². The molecule has 0 aliphatic heterocycles. The maximum atomic E-state index is 11.3. The summed E-state index contributed by atoms with van der Waals surface area (Å²) >= 11 is 0. The molecule has 10 nitrogen and oxygen atoms in total. The van der Waals surface area contributed by atoms with Gasteiger partial charge in [0.2, 0.25) is 11.6 Å². The lowest BCUT2D eigenvalue weighted by atomic mass is 10.1. The van der Waals surface area contributed by atoms with Crippen LogP contribution in [0, 0.1) is 0 Å². The minimum Gasteiger partial charge on any atom is -0.543 e. The number of ether oxygens (including phenoxy) is 1. The van der Waals surface area contributed by atoms with Gasteiger partial charge in [0.15, 0.2) is 0 Å². The molecule has 0 atom stereocenters. The van der Waals surface area contributed by atoms with Crippen molar-refractivity contribution in [2.45, 2.75) is 6.92 Å². The number of carbonyl (C=O) groups is 1. The van der Waals surface area contributed by atoms with E-state index in [1.54, 1.807) is 24.3 Å². The zero-order valence-electron chi connectivity index (χ0n) is 12.0. The van der Waals surface area contributed by atoms with Crippen LogP contribution in [0.3, 0.4) is 0 Å². The first-order valence-electron chi connectivity index (χ1n) is 6.60. The highest BCUT2D eigenvalue weighted by atomic mass is 16.6. The Morgan fingerprint density at radius 2 is 2.09 bits per heavy atom. The summed E-state index contributed by atoms with van der Waals surface area (Å²) in [6.45, 7) is 2.38. The van der Waals surface area contributed by atoms with Crippen LogP contribution in [0.15, 0.2) is 28.9 Å². The number of nitrogens with zero attached hydrogens (tertiary/aromatic N) is 5. The third-order valence-corrected chi connectivity index (χ3v) is 3.00. The van der Waals surface area contributed by atoms with Gasteiger partial charge in [-0.2, -0.15) is 4.68 Å². The van der Waals surface area contributed by atoms with Gasteiger partial charge in [-0.1, -0.05) is 5.21 Å². The third-order valence-electron chi connectivity index (χ3n) is 3.00. The topological polar surface area (TPSA) is 145 Å². The normalized spacial score (nSPS) is 10.7. The van der Waals surface area contributed by atoms with E-state index in [0.29, 0.717) is 17.9 Å². The summed E-state index contributed by atoms with van der Waals surface area (Å²) in [5.41, 5.74) is 5.94. The van der Waals surface area contributed by atoms with Crippen LogP contribution in [0.25, 0.3) is 17.1 Å². The van der Waals surface area contributed by atoms with E-state index in [9.17, 15) is 9.90 Å². The summed E-state index contributed by atoms with van der Waals surface area (Å²) in [6, 6.07) is 6.71. The molecule has 23 heavy (non-hydrogen) atoms. The van der Waals surface area contributed by atoms with Gasteiger partial charge < -0.3 is 20.4 Å². The van der Waals surface area contributed by atoms with Gasteiger partial charge in [0, 0.05) is 5.56 Å². The zero-order valence-corrected chi connectivity index (χ0v) is 12.0. The molecule has 0 unspecified atom stereocenters. The van der Waals surface area contributed by atoms with Gasteiger partial charge >= 0.3 is 0 Å². The van der Waals surface area contributed by atoms with Crippen molar-refractivity contribution in [3.63, 3.8) is 0 Å². The minimum absolute atomic E-state index is 0.0360. The third kappa shape index (κ3) is 2.57. The van der Waals surface area contributed by atoms with Gasteiger partial charge in [0.05, 0.1) is 12.6 Å². The number of hydrogen-bond acceptors (Lipinski definition) is 9. The number of aromatic carboxylic acids is 1. The van der Waals surface area contributed by atoms with Crippen LogP contribution in [-0.4, -0.2) is 37.9 Å². The number of benzene rings is 1. The first-order valence-corrected chi connectivity index (χ1v) is 6.60. The second-order valence-corrected chi connectivity index (χ2v) is 4.42. The number of carbonyl (C=O) groups excluding carboxylic acids is 1. The Morgan fingerprint density at radius 1 is 1.35 bits per heavy atom. The maximum absolute atomic E-state index is 11.3. The largest absolute Gasteiger partial charge is 0.543 e. The molecule has 118 valence electrons. The Labute approximate surface area is 129 Å². The fraction of sp³-hybridized carbons (Fsp3) is 0.154. The van der Waals surface area contributed by atoms with E-state index in [-0.39, 0.29) is 23.0 Å². The van der Waals surface area contributed by atoms with E-state index in [1.807, 2.05) is 6.92 Å². The molecule has 2 heterocycles. The zero-order chi connectivity index (χ0) is 16.4. The lowest BCUT2D eigenvalue weighted by Gasteiger charge is -2.08. The molecule has 3 aromatic rings. The second-order valence-electron chi connectivity index (χ2n) is 4.42. The molecule has 0 saturated heterocycles. The van der Waals surface area contributed by atoms with Gasteiger partial charge in [0.25, 0.3) is 0 Å². The van der Waals surface area contributed by atoms with Crippen molar-refractivity contribution in [2.24, 2.45) is 0 Å². The van der Waals surface area contributed by atoms with Crippen molar-refractivity contribution in [2.75, 3.05) is 12.3 Å². The predicted molar refractivity (Wildman–Crippen MR) is 74.6 cm³/mol. The summed E-state index contributed by atoms with van der Waals surface area (Å²) in [5.74, 6) is -0.844. The molecule has 0 saturated carbocycles. The molecular weight excluding hydrogens is 304 g/mol. The first kappa shape index (κ1) is 14.5. The van der Waals surface area contributed by atoms with Crippen LogP contribution in [0.5, 0.6) is 5.75 Å². The number of nitrogens with two attached hydrogens (primary N) is 1. The van der Waals surface area contributed by atoms with Crippen molar-refractivity contribution in [1.82, 2.24) is 25.3 Å². The second kappa shape index (κ2) is 5.75. The molecule has 0 aliphatic rings. The number of carboxylic acid groups (broad SMARTS) is 1. The average molecular weight is 315 g/mol. The molecule has 10 heteroatoms. The summed E-state index contributed by atoms with van der Waals surface area (Å²) in [5, 5.41) is 25.7. The molecule has 0 amide bonds. The average Bonchev–Trinajstić information content (AvgIpc) is 3.14. The summed E-state index contributed by atoms with van der Waals surface area (Å²) < 4.78 is 11.0. The van der Waals surface area contributed by atoms with Crippen molar-refractivity contribution in [3.05, 3.63) is 30.0 Å². The van der Waals surface area contributed by atoms with Crippen LogP contribution in [-0.2, 0) is 0 Å². The number of anilines is 1. The quantitative estimate of drug-likeness (QED) is 0.668. The molecule has 0 bridgehead atoms. The summed E-state index contributed by atoms with van der Waals surface area (Å²) in [7, 11) is 0. The molecule has 3 rings (SSSR count). The van der Waals surface area contributed by atoms with E-state index >= 15 is 0 Å². The van der Waals surface area contributed by atoms with Gasteiger partial charge in [0.1, 0.15) is 17.1 Å². The Balaban J connectivity index is 2.14. The smallest absolute Gasteiger partial charge is 0.243 e. The lowest BCUT2D eigenvalue weighted by Crippen LogP contribution is -2.23. The van der Waals surface area contributed by atoms with Gasteiger partial charge in [-0.3, -0.25) is 0 Å². The Morgan fingerprint density at radius 3 is 2.65 bits per heavy atom. The highest BCUT2D eigenvalue weighted by Gasteiger charge is 2.21. The predicted octanol–water partition coefficient (Wildman–Crippen LogP) is -0.338. The summed E-state index contributed by atoms with van der Waals surface area (Å²) in [6.07, 6.45) is 0. The maximum Gasteiger partial charge on any atom is 0.243 e. The van der Waals surface area contributed by atoms with E-state index in [0.717, 1.165) is 4.68 Å². The van der Waals surface area contributed by atoms with E-state index < -0.39 is 5.97 Å². The molecule has 2 aromatic heterocycles. The van der Waals surface area contributed by atoms with Gasteiger partial charge in [-0.05, 0) is 41.5 Å².